The van der Waals surface area contributed by atoms with Gasteiger partial charge in [-0.2, -0.15) is 0 Å². The van der Waals surface area contributed by atoms with Gasteiger partial charge >= 0.3 is 0 Å². The minimum absolute atomic E-state index is 0.0304. The summed E-state index contributed by atoms with van der Waals surface area (Å²) in [6.07, 6.45) is 2.46. The first-order chi connectivity index (χ1) is 19.3. The van der Waals surface area contributed by atoms with Crippen LogP contribution in [0.25, 0.3) is 22.5 Å². The summed E-state index contributed by atoms with van der Waals surface area (Å²) in [6, 6.07) is 27.9. The van der Waals surface area contributed by atoms with Crippen LogP contribution in [-0.4, -0.2) is 69.7 Å². The van der Waals surface area contributed by atoms with E-state index in [1.807, 2.05) is 10.7 Å². The maximum absolute atomic E-state index is 6.28. The first-order valence-electron chi connectivity index (χ1n) is 14.0. The van der Waals surface area contributed by atoms with Gasteiger partial charge in [0.15, 0.2) is 5.82 Å². The molecule has 1 aromatic heterocycles. The van der Waals surface area contributed by atoms with Gasteiger partial charge in [-0.3, -0.25) is 4.90 Å². The normalized spacial score (nSPS) is 24.8. The van der Waals surface area contributed by atoms with Gasteiger partial charge in [0.1, 0.15) is 18.2 Å². The number of rotatable bonds is 8. The van der Waals surface area contributed by atoms with Gasteiger partial charge in [0.05, 0.1) is 19.3 Å². The molecule has 0 unspecified atom stereocenters. The van der Waals surface area contributed by atoms with Gasteiger partial charge in [-0.1, -0.05) is 72.8 Å². The standard InChI is InChI=1S/C31H34N6O2/c1-2-8-24(9-3-1)25-13-11-22(12-14-25)18-32-27-20-38-30-28(21-39-29(27)30)37-31(33-34-35-37)26-10-6-7-23(17-26)19-36-15-4-5-16-36/h1-3,6-14,17,27-30,32H,4-5,15-16,18-21H2/t27-,28-,29+,30+/m0/s1. The van der Waals surface area contributed by atoms with E-state index in [4.69, 9.17) is 9.47 Å². The van der Waals surface area contributed by atoms with Crippen molar-refractivity contribution in [2.75, 3.05) is 26.3 Å². The molecule has 0 amide bonds. The molecule has 7 rings (SSSR count). The quantitative estimate of drug-likeness (QED) is 0.373. The van der Waals surface area contributed by atoms with E-state index in [-0.39, 0.29) is 24.3 Å². The summed E-state index contributed by atoms with van der Waals surface area (Å²) in [5, 5.41) is 16.5. The van der Waals surface area contributed by atoms with Gasteiger partial charge in [0.25, 0.3) is 0 Å². The third-order valence-corrected chi connectivity index (χ3v) is 8.25. The van der Waals surface area contributed by atoms with Gasteiger partial charge in [-0.25, -0.2) is 4.68 Å². The Hall–Kier alpha value is -3.43. The van der Waals surface area contributed by atoms with Crippen LogP contribution in [-0.2, 0) is 22.6 Å². The fourth-order valence-corrected chi connectivity index (χ4v) is 6.17. The van der Waals surface area contributed by atoms with Crippen molar-refractivity contribution in [3.63, 3.8) is 0 Å². The lowest BCUT2D eigenvalue weighted by Gasteiger charge is -2.19. The van der Waals surface area contributed by atoms with E-state index in [2.05, 4.69) is 98.5 Å². The Morgan fingerprint density at radius 3 is 2.38 bits per heavy atom. The fraction of sp³-hybridized carbons (Fsp3) is 0.387. The molecule has 200 valence electrons. The molecule has 3 aliphatic heterocycles. The lowest BCUT2D eigenvalue weighted by atomic mass is 10.0. The molecule has 4 heterocycles. The maximum atomic E-state index is 6.28. The van der Waals surface area contributed by atoms with E-state index in [1.165, 1.54) is 48.2 Å². The molecule has 0 bridgehead atoms. The Bertz CT molecular complexity index is 1390. The van der Waals surface area contributed by atoms with Gasteiger partial charge in [0.2, 0.25) is 0 Å². The molecule has 4 aromatic rings. The smallest absolute Gasteiger partial charge is 0.182 e. The maximum Gasteiger partial charge on any atom is 0.182 e. The Balaban J connectivity index is 1.00. The van der Waals surface area contributed by atoms with Crippen LogP contribution < -0.4 is 5.32 Å². The number of tetrazole rings is 1. The molecule has 8 nitrogen and oxygen atoms in total. The number of hydrogen-bond acceptors (Lipinski definition) is 7. The summed E-state index contributed by atoms with van der Waals surface area (Å²) in [4.78, 5) is 2.51. The zero-order chi connectivity index (χ0) is 26.0. The number of fused-ring (bicyclic) bond motifs is 1. The Kier molecular flexibility index (Phi) is 6.92. The average molecular weight is 523 g/mol. The first kappa shape index (κ1) is 24.6. The van der Waals surface area contributed by atoms with Crippen LogP contribution >= 0.6 is 0 Å². The summed E-state index contributed by atoms with van der Waals surface area (Å²) < 4.78 is 14.5. The second-order valence-corrected chi connectivity index (χ2v) is 10.8. The highest BCUT2D eigenvalue weighted by Crippen LogP contribution is 2.36. The molecule has 0 saturated carbocycles. The van der Waals surface area contributed by atoms with Gasteiger partial charge in [-0.15, -0.1) is 5.10 Å². The summed E-state index contributed by atoms with van der Waals surface area (Å²) >= 11 is 0. The third-order valence-electron chi connectivity index (χ3n) is 8.25. The Morgan fingerprint density at radius 2 is 1.54 bits per heavy atom. The molecule has 1 N–H and O–H groups in total. The molecular weight excluding hydrogens is 488 g/mol. The highest BCUT2D eigenvalue weighted by Gasteiger charge is 2.49. The van der Waals surface area contributed by atoms with Crippen molar-refractivity contribution in [1.82, 2.24) is 30.4 Å². The number of ether oxygens (including phenoxy) is 2. The molecule has 0 spiro atoms. The van der Waals surface area contributed by atoms with Crippen molar-refractivity contribution in [1.29, 1.82) is 0 Å². The van der Waals surface area contributed by atoms with E-state index in [9.17, 15) is 0 Å². The fourth-order valence-electron chi connectivity index (χ4n) is 6.17. The SMILES string of the molecule is c1ccc(-c2ccc(CN[C@H]3CO[C@H]4[C@@H]3OC[C@@H]4n3nnnc3-c3cccc(CN4CCCC4)c3)cc2)cc1. The summed E-state index contributed by atoms with van der Waals surface area (Å²) in [5.74, 6) is 0.769. The van der Waals surface area contributed by atoms with Crippen LogP contribution in [0.2, 0.25) is 0 Å². The van der Waals surface area contributed by atoms with Gasteiger partial charge in [-0.05, 0) is 64.7 Å². The van der Waals surface area contributed by atoms with Crippen molar-refractivity contribution < 1.29 is 9.47 Å². The molecule has 4 atom stereocenters. The number of benzene rings is 3. The van der Waals surface area contributed by atoms with Crippen LogP contribution in [0, 0.1) is 0 Å². The van der Waals surface area contributed by atoms with Crippen LogP contribution in [0.4, 0.5) is 0 Å². The summed E-state index contributed by atoms with van der Waals surface area (Å²) in [6.45, 7) is 5.23. The molecular formula is C31H34N6O2. The van der Waals surface area contributed by atoms with Gasteiger partial charge in [0, 0.05) is 18.7 Å². The lowest BCUT2D eigenvalue weighted by Crippen LogP contribution is -2.40. The van der Waals surface area contributed by atoms with Crippen LogP contribution in [0.3, 0.4) is 0 Å². The third kappa shape index (κ3) is 5.13. The molecule has 3 saturated heterocycles. The highest BCUT2D eigenvalue weighted by molar-refractivity contribution is 5.63. The minimum atomic E-state index is -0.0852. The van der Waals surface area contributed by atoms with Crippen LogP contribution in [0.15, 0.2) is 78.9 Å². The van der Waals surface area contributed by atoms with Gasteiger partial charge < -0.3 is 14.8 Å². The van der Waals surface area contributed by atoms with Crippen LogP contribution in [0.5, 0.6) is 0 Å². The number of nitrogens with zero attached hydrogens (tertiary/aromatic N) is 5. The summed E-state index contributed by atoms with van der Waals surface area (Å²) in [7, 11) is 0. The average Bonchev–Trinajstić information content (AvgIpc) is 3.79. The molecule has 8 heteroatoms. The van der Waals surface area contributed by atoms with E-state index in [0.29, 0.717) is 13.2 Å². The number of likely N-dealkylation sites (tertiary alicyclic amines) is 1. The Morgan fingerprint density at radius 1 is 0.769 bits per heavy atom. The van der Waals surface area contributed by atoms with Crippen LogP contribution in [0.1, 0.15) is 30.0 Å². The van der Waals surface area contributed by atoms with Crippen molar-refractivity contribution >= 4 is 0 Å². The molecule has 0 radical (unpaired) electrons. The highest BCUT2D eigenvalue weighted by atomic mass is 16.6. The Labute approximate surface area is 228 Å². The van der Waals surface area contributed by atoms with Crippen molar-refractivity contribution in [3.05, 3.63) is 90.0 Å². The van der Waals surface area contributed by atoms with E-state index in [1.54, 1.807) is 0 Å². The van der Waals surface area contributed by atoms with Crippen molar-refractivity contribution in [3.8, 4) is 22.5 Å². The number of nitrogens with one attached hydrogen (secondary N) is 1. The number of aromatic nitrogens is 4. The predicted molar refractivity (Wildman–Crippen MR) is 149 cm³/mol. The molecule has 39 heavy (non-hydrogen) atoms. The van der Waals surface area contributed by atoms with Crippen molar-refractivity contribution in [2.45, 2.75) is 50.2 Å². The largest absolute Gasteiger partial charge is 0.371 e. The monoisotopic (exact) mass is 522 g/mol. The molecule has 3 aromatic carbocycles. The second-order valence-electron chi connectivity index (χ2n) is 10.8. The second kappa shape index (κ2) is 11.0. The van der Waals surface area contributed by atoms with E-state index < -0.39 is 0 Å². The summed E-state index contributed by atoms with van der Waals surface area (Å²) in [5.41, 5.74) is 6.03. The number of hydrogen-bond donors (Lipinski definition) is 1. The molecule has 3 aliphatic rings. The molecule has 3 fully saturated rings. The lowest BCUT2D eigenvalue weighted by molar-refractivity contribution is 0.0621. The first-order valence-corrected chi connectivity index (χ1v) is 14.0. The topological polar surface area (TPSA) is 77.3 Å². The minimum Gasteiger partial charge on any atom is -0.371 e. The van der Waals surface area contributed by atoms with Crippen molar-refractivity contribution in [2.24, 2.45) is 0 Å². The molecule has 0 aliphatic carbocycles. The zero-order valence-electron chi connectivity index (χ0n) is 22.0. The zero-order valence-corrected chi connectivity index (χ0v) is 22.0. The van der Waals surface area contributed by atoms with E-state index in [0.717, 1.165) is 24.5 Å². The van der Waals surface area contributed by atoms with E-state index >= 15 is 0 Å². The predicted octanol–water partition coefficient (Wildman–Crippen LogP) is 4.10.